The van der Waals surface area contributed by atoms with E-state index in [4.69, 9.17) is 0 Å². The summed E-state index contributed by atoms with van der Waals surface area (Å²) in [5.74, 6) is 1.95. The third-order valence-corrected chi connectivity index (χ3v) is 4.75. The van der Waals surface area contributed by atoms with Crippen molar-refractivity contribution < 1.29 is 0 Å². The Morgan fingerprint density at radius 2 is 2.19 bits per heavy atom. The van der Waals surface area contributed by atoms with Gasteiger partial charge in [0.1, 0.15) is 0 Å². The van der Waals surface area contributed by atoms with Crippen LogP contribution in [0.2, 0.25) is 0 Å². The maximum absolute atomic E-state index is 3.86. The Bertz CT molecular complexity index is 325. The normalized spacial score (nSPS) is 24.3. The van der Waals surface area contributed by atoms with Crippen molar-refractivity contribution in [3.63, 3.8) is 0 Å². The topological polar surface area (TPSA) is 12.0 Å². The van der Waals surface area contributed by atoms with Gasteiger partial charge in [0.05, 0.1) is 0 Å². The lowest BCUT2D eigenvalue weighted by Gasteiger charge is -2.22. The lowest BCUT2D eigenvalue weighted by Crippen LogP contribution is -2.31. The summed E-state index contributed by atoms with van der Waals surface area (Å²) in [7, 11) is 0. The van der Waals surface area contributed by atoms with Gasteiger partial charge in [-0.1, -0.05) is 18.9 Å². The first-order valence-electron chi connectivity index (χ1n) is 6.62. The molecule has 1 N–H and O–H groups in total. The lowest BCUT2D eigenvalue weighted by molar-refractivity contribution is 0.396. The molecule has 1 heterocycles. The van der Waals surface area contributed by atoms with E-state index in [0.717, 1.165) is 11.8 Å². The van der Waals surface area contributed by atoms with Crippen LogP contribution >= 0.6 is 11.3 Å². The molecule has 1 aromatic heterocycles. The van der Waals surface area contributed by atoms with Gasteiger partial charge in [-0.2, -0.15) is 0 Å². The smallest absolute Gasteiger partial charge is 0.0445 e. The molecule has 3 rings (SSSR count). The fourth-order valence-corrected chi connectivity index (χ4v) is 3.45. The Morgan fingerprint density at radius 3 is 2.75 bits per heavy atom. The molecule has 2 fully saturated rings. The Morgan fingerprint density at radius 1 is 1.38 bits per heavy atom. The van der Waals surface area contributed by atoms with Gasteiger partial charge in [0, 0.05) is 17.0 Å². The Kier molecular flexibility index (Phi) is 3.03. The predicted molar refractivity (Wildman–Crippen MR) is 69.7 cm³/mol. The van der Waals surface area contributed by atoms with Crippen molar-refractivity contribution in [1.29, 1.82) is 0 Å². The molecule has 0 radical (unpaired) electrons. The van der Waals surface area contributed by atoms with Crippen LogP contribution in [0.1, 0.15) is 49.9 Å². The van der Waals surface area contributed by atoms with Gasteiger partial charge < -0.3 is 5.32 Å². The minimum Gasteiger partial charge on any atom is -0.306 e. The van der Waals surface area contributed by atoms with Gasteiger partial charge in [-0.25, -0.2) is 0 Å². The summed E-state index contributed by atoms with van der Waals surface area (Å²) in [4.78, 5) is 1.55. The van der Waals surface area contributed by atoms with Gasteiger partial charge in [-0.15, -0.1) is 11.3 Å². The van der Waals surface area contributed by atoms with E-state index in [2.05, 4.69) is 29.8 Å². The first kappa shape index (κ1) is 10.8. The van der Waals surface area contributed by atoms with Crippen LogP contribution in [-0.4, -0.2) is 6.04 Å². The van der Waals surface area contributed by atoms with Crippen molar-refractivity contribution >= 4 is 11.3 Å². The molecule has 1 nitrogen and oxygen atoms in total. The fraction of sp³-hybridized carbons (Fsp3) is 0.714. The van der Waals surface area contributed by atoms with E-state index in [1.807, 2.05) is 11.3 Å². The van der Waals surface area contributed by atoms with Crippen molar-refractivity contribution in [1.82, 2.24) is 5.32 Å². The van der Waals surface area contributed by atoms with E-state index in [0.29, 0.717) is 12.1 Å². The summed E-state index contributed by atoms with van der Waals surface area (Å²) in [6, 6.07) is 5.82. The molecule has 2 unspecified atom stereocenters. The monoisotopic (exact) mass is 235 g/mol. The van der Waals surface area contributed by atoms with Crippen LogP contribution in [0.25, 0.3) is 0 Å². The van der Waals surface area contributed by atoms with E-state index < -0.39 is 0 Å². The maximum atomic E-state index is 3.86. The molecule has 2 aliphatic rings. The quantitative estimate of drug-likeness (QED) is 0.786. The second-order valence-corrected chi connectivity index (χ2v) is 6.56. The molecule has 16 heavy (non-hydrogen) atoms. The zero-order valence-corrected chi connectivity index (χ0v) is 10.8. The highest BCUT2D eigenvalue weighted by atomic mass is 32.1. The molecule has 1 aromatic rings. The summed E-state index contributed by atoms with van der Waals surface area (Å²) in [6.07, 6.45) is 7.17. The second kappa shape index (κ2) is 4.50. The average molecular weight is 235 g/mol. The Labute approximate surface area is 102 Å². The van der Waals surface area contributed by atoms with Crippen LogP contribution in [0.3, 0.4) is 0 Å². The van der Waals surface area contributed by atoms with Gasteiger partial charge in [0.2, 0.25) is 0 Å². The molecule has 0 amide bonds. The highest BCUT2D eigenvalue weighted by Gasteiger charge is 2.34. The van der Waals surface area contributed by atoms with Crippen LogP contribution in [0, 0.1) is 11.8 Å². The van der Waals surface area contributed by atoms with E-state index in [1.165, 1.54) is 32.1 Å². The summed E-state index contributed by atoms with van der Waals surface area (Å²) in [5.41, 5.74) is 0. The number of rotatable bonds is 6. The maximum Gasteiger partial charge on any atom is 0.0445 e. The molecule has 2 aliphatic carbocycles. The number of nitrogens with one attached hydrogen (secondary N) is 1. The third kappa shape index (κ3) is 2.67. The van der Waals surface area contributed by atoms with Gasteiger partial charge in [-0.05, 0) is 49.5 Å². The van der Waals surface area contributed by atoms with Crippen molar-refractivity contribution in [3.8, 4) is 0 Å². The summed E-state index contributed by atoms with van der Waals surface area (Å²) < 4.78 is 0. The first-order chi connectivity index (χ1) is 7.83. The summed E-state index contributed by atoms with van der Waals surface area (Å²) in [6.45, 7) is 2.36. The Hall–Kier alpha value is -0.340. The molecule has 0 bridgehead atoms. The number of hydrogen-bond acceptors (Lipinski definition) is 2. The van der Waals surface area contributed by atoms with E-state index in [-0.39, 0.29) is 0 Å². The Balaban J connectivity index is 1.59. The molecule has 2 saturated carbocycles. The van der Waals surface area contributed by atoms with Crippen LogP contribution in [0.15, 0.2) is 17.5 Å². The standard InChI is InChI=1S/C14H21NS/c1-10(9-11-4-5-11)15-14(12-6-7-12)13-3-2-8-16-13/h2-3,8,10-12,14-15H,4-7,9H2,1H3. The third-order valence-electron chi connectivity index (χ3n) is 3.79. The SMILES string of the molecule is CC(CC1CC1)NC(c1cccs1)C1CC1. The van der Waals surface area contributed by atoms with Gasteiger partial charge in [-0.3, -0.25) is 0 Å². The summed E-state index contributed by atoms with van der Waals surface area (Å²) in [5, 5.41) is 6.07. The molecule has 0 saturated heterocycles. The van der Waals surface area contributed by atoms with Gasteiger partial charge in [0.25, 0.3) is 0 Å². The van der Waals surface area contributed by atoms with Crippen molar-refractivity contribution in [2.24, 2.45) is 11.8 Å². The number of hydrogen-bond donors (Lipinski definition) is 1. The van der Waals surface area contributed by atoms with E-state index >= 15 is 0 Å². The largest absolute Gasteiger partial charge is 0.306 e. The molecular formula is C14H21NS. The van der Waals surface area contributed by atoms with Crippen molar-refractivity contribution in [2.75, 3.05) is 0 Å². The summed E-state index contributed by atoms with van der Waals surface area (Å²) >= 11 is 1.91. The van der Waals surface area contributed by atoms with Gasteiger partial charge >= 0.3 is 0 Å². The zero-order chi connectivity index (χ0) is 11.0. The van der Waals surface area contributed by atoms with Crippen LogP contribution in [-0.2, 0) is 0 Å². The lowest BCUT2D eigenvalue weighted by atomic mass is 10.1. The molecule has 88 valence electrons. The second-order valence-electron chi connectivity index (χ2n) is 5.58. The minimum atomic E-state index is 0.647. The molecular weight excluding hydrogens is 214 g/mol. The highest BCUT2D eigenvalue weighted by Crippen LogP contribution is 2.43. The molecule has 0 aromatic carbocycles. The van der Waals surface area contributed by atoms with Crippen molar-refractivity contribution in [2.45, 2.75) is 51.1 Å². The average Bonchev–Trinajstić information content (AvgIpc) is 3.17. The van der Waals surface area contributed by atoms with Crippen molar-refractivity contribution in [3.05, 3.63) is 22.4 Å². The fourth-order valence-electron chi connectivity index (χ4n) is 2.58. The highest BCUT2D eigenvalue weighted by molar-refractivity contribution is 7.10. The van der Waals surface area contributed by atoms with Crippen LogP contribution in [0.4, 0.5) is 0 Å². The van der Waals surface area contributed by atoms with Crippen LogP contribution in [0.5, 0.6) is 0 Å². The molecule has 0 spiro atoms. The molecule has 0 aliphatic heterocycles. The molecule has 2 heteroatoms. The predicted octanol–water partition coefficient (Wildman–Crippen LogP) is 3.98. The number of thiophene rings is 1. The van der Waals surface area contributed by atoms with E-state index in [9.17, 15) is 0 Å². The van der Waals surface area contributed by atoms with Gasteiger partial charge in [0.15, 0.2) is 0 Å². The first-order valence-corrected chi connectivity index (χ1v) is 7.50. The minimum absolute atomic E-state index is 0.647. The van der Waals surface area contributed by atoms with Crippen LogP contribution < -0.4 is 5.32 Å². The molecule has 2 atom stereocenters. The zero-order valence-electron chi connectivity index (χ0n) is 9.99. The van der Waals surface area contributed by atoms with E-state index in [1.54, 1.807) is 4.88 Å².